The van der Waals surface area contributed by atoms with Crippen molar-refractivity contribution in [3.63, 3.8) is 0 Å². The van der Waals surface area contributed by atoms with E-state index in [1.807, 2.05) is 13.8 Å². The number of amides is 1. The molecule has 0 heterocycles. The standard InChI is InChI=1S/C11H17NO/c1-4-11(2,3)12-10(13)9-7-5-6-8-9/h1,9H,5-8H2,2-3H3,(H,12,13). The van der Waals surface area contributed by atoms with Gasteiger partial charge in [-0.3, -0.25) is 4.79 Å². The van der Waals surface area contributed by atoms with Crippen LogP contribution in [0.5, 0.6) is 0 Å². The van der Waals surface area contributed by atoms with Gasteiger partial charge in [-0.15, -0.1) is 6.42 Å². The Morgan fingerprint density at radius 1 is 1.46 bits per heavy atom. The average Bonchev–Trinajstić information content (AvgIpc) is 2.55. The highest BCUT2D eigenvalue weighted by Gasteiger charge is 2.26. The van der Waals surface area contributed by atoms with Gasteiger partial charge in [0.05, 0.1) is 5.54 Å². The van der Waals surface area contributed by atoms with Gasteiger partial charge in [-0.25, -0.2) is 0 Å². The normalized spacial score (nSPS) is 18.2. The largest absolute Gasteiger partial charge is 0.340 e. The van der Waals surface area contributed by atoms with Gasteiger partial charge < -0.3 is 5.32 Å². The summed E-state index contributed by atoms with van der Waals surface area (Å²) in [5.41, 5.74) is -0.500. The van der Waals surface area contributed by atoms with E-state index in [-0.39, 0.29) is 11.8 Å². The van der Waals surface area contributed by atoms with Gasteiger partial charge in [-0.1, -0.05) is 18.8 Å². The van der Waals surface area contributed by atoms with E-state index in [9.17, 15) is 4.79 Å². The van der Waals surface area contributed by atoms with Crippen LogP contribution in [0, 0.1) is 18.3 Å². The Morgan fingerprint density at radius 2 is 2.00 bits per heavy atom. The summed E-state index contributed by atoms with van der Waals surface area (Å²) in [6.45, 7) is 3.69. The van der Waals surface area contributed by atoms with E-state index in [0.717, 1.165) is 12.8 Å². The minimum absolute atomic E-state index is 0.125. The Morgan fingerprint density at radius 3 is 2.46 bits per heavy atom. The molecule has 2 heteroatoms. The third kappa shape index (κ3) is 2.77. The fourth-order valence-electron chi connectivity index (χ4n) is 1.63. The van der Waals surface area contributed by atoms with Crippen LogP contribution in [0.15, 0.2) is 0 Å². The molecule has 1 fully saturated rings. The number of carbonyl (C=O) groups excluding carboxylic acids is 1. The molecule has 0 unspecified atom stereocenters. The van der Waals surface area contributed by atoms with E-state index in [2.05, 4.69) is 11.2 Å². The first-order valence-corrected chi connectivity index (χ1v) is 4.85. The number of terminal acetylenes is 1. The molecule has 1 aliphatic rings. The Kier molecular flexibility index (Phi) is 2.98. The Hall–Kier alpha value is -0.970. The van der Waals surface area contributed by atoms with E-state index in [4.69, 9.17) is 6.42 Å². The van der Waals surface area contributed by atoms with Crippen molar-refractivity contribution in [1.82, 2.24) is 5.32 Å². The molecule has 1 N–H and O–H groups in total. The molecule has 13 heavy (non-hydrogen) atoms. The van der Waals surface area contributed by atoms with Crippen molar-refractivity contribution in [2.24, 2.45) is 5.92 Å². The van der Waals surface area contributed by atoms with Crippen LogP contribution in [0.2, 0.25) is 0 Å². The van der Waals surface area contributed by atoms with Crippen molar-refractivity contribution < 1.29 is 4.79 Å². The molecule has 2 nitrogen and oxygen atoms in total. The van der Waals surface area contributed by atoms with Crippen LogP contribution < -0.4 is 5.32 Å². The molecule has 0 aromatic heterocycles. The average molecular weight is 179 g/mol. The summed E-state index contributed by atoms with van der Waals surface area (Å²) >= 11 is 0. The molecule has 0 aromatic carbocycles. The Bertz CT molecular complexity index is 231. The second-order valence-corrected chi connectivity index (χ2v) is 4.24. The van der Waals surface area contributed by atoms with Gasteiger partial charge in [0.15, 0.2) is 0 Å². The molecule has 0 aromatic rings. The van der Waals surface area contributed by atoms with Gasteiger partial charge in [-0.2, -0.15) is 0 Å². The van der Waals surface area contributed by atoms with Crippen molar-refractivity contribution >= 4 is 5.91 Å². The summed E-state index contributed by atoms with van der Waals surface area (Å²) in [7, 11) is 0. The molecule has 1 rings (SSSR count). The van der Waals surface area contributed by atoms with Crippen LogP contribution in [-0.2, 0) is 4.79 Å². The Balaban J connectivity index is 2.45. The van der Waals surface area contributed by atoms with Gasteiger partial charge in [-0.05, 0) is 26.7 Å². The molecule has 1 saturated carbocycles. The molecule has 72 valence electrons. The third-order valence-corrected chi connectivity index (χ3v) is 2.52. The SMILES string of the molecule is C#CC(C)(C)NC(=O)C1CCCC1. The van der Waals surface area contributed by atoms with E-state index >= 15 is 0 Å². The molecule has 0 saturated heterocycles. The number of hydrogen-bond donors (Lipinski definition) is 1. The molecule has 0 atom stereocenters. The molecule has 0 spiro atoms. The highest BCUT2D eigenvalue weighted by Crippen LogP contribution is 2.25. The van der Waals surface area contributed by atoms with Gasteiger partial charge in [0, 0.05) is 5.92 Å². The summed E-state index contributed by atoms with van der Waals surface area (Å²) in [6, 6.07) is 0. The summed E-state index contributed by atoms with van der Waals surface area (Å²) in [5.74, 6) is 2.89. The smallest absolute Gasteiger partial charge is 0.224 e. The summed E-state index contributed by atoms with van der Waals surface area (Å²) in [6.07, 6.45) is 9.68. The minimum atomic E-state index is -0.500. The summed E-state index contributed by atoms with van der Waals surface area (Å²) < 4.78 is 0. The van der Waals surface area contributed by atoms with Crippen LogP contribution in [0.1, 0.15) is 39.5 Å². The van der Waals surface area contributed by atoms with Gasteiger partial charge in [0.2, 0.25) is 5.91 Å². The van der Waals surface area contributed by atoms with Crippen LogP contribution in [0.4, 0.5) is 0 Å². The quantitative estimate of drug-likeness (QED) is 0.642. The van der Waals surface area contributed by atoms with E-state index in [0.29, 0.717) is 0 Å². The van der Waals surface area contributed by atoms with Crippen molar-refractivity contribution in [1.29, 1.82) is 0 Å². The Labute approximate surface area is 80.1 Å². The second kappa shape index (κ2) is 3.83. The maximum absolute atomic E-state index is 11.6. The lowest BCUT2D eigenvalue weighted by Gasteiger charge is -2.21. The fraction of sp³-hybridized carbons (Fsp3) is 0.727. The third-order valence-electron chi connectivity index (χ3n) is 2.52. The molecule has 0 radical (unpaired) electrons. The lowest BCUT2D eigenvalue weighted by Crippen LogP contribution is -2.44. The summed E-state index contributed by atoms with van der Waals surface area (Å²) in [5, 5.41) is 2.87. The topological polar surface area (TPSA) is 29.1 Å². The number of rotatable bonds is 2. The molecule has 0 bridgehead atoms. The predicted octanol–water partition coefficient (Wildman–Crippen LogP) is 1.70. The fourth-order valence-corrected chi connectivity index (χ4v) is 1.63. The maximum atomic E-state index is 11.6. The van der Waals surface area contributed by atoms with E-state index in [1.54, 1.807) is 0 Å². The monoisotopic (exact) mass is 179 g/mol. The predicted molar refractivity (Wildman–Crippen MR) is 53.0 cm³/mol. The van der Waals surface area contributed by atoms with Gasteiger partial charge in [0.1, 0.15) is 0 Å². The van der Waals surface area contributed by atoms with Crippen molar-refractivity contribution in [2.75, 3.05) is 0 Å². The highest BCUT2D eigenvalue weighted by atomic mass is 16.2. The number of hydrogen-bond acceptors (Lipinski definition) is 1. The van der Waals surface area contributed by atoms with E-state index in [1.165, 1.54) is 12.8 Å². The van der Waals surface area contributed by atoms with Crippen molar-refractivity contribution in [2.45, 2.75) is 45.1 Å². The lowest BCUT2D eigenvalue weighted by molar-refractivity contribution is -0.125. The van der Waals surface area contributed by atoms with Crippen LogP contribution in [-0.4, -0.2) is 11.4 Å². The zero-order valence-corrected chi connectivity index (χ0v) is 8.39. The van der Waals surface area contributed by atoms with Gasteiger partial charge >= 0.3 is 0 Å². The molecular formula is C11H17NO. The lowest BCUT2D eigenvalue weighted by atomic mass is 10.0. The van der Waals surface area contributed by atoms with Crippen LogP contribution in [0.25, 0.3) is 0 Å². The zero-order chi connectivity index (χ0) is 9.90. The first-order chi connectivity index (χ1) is 6.05. The number of carbonyl (C=O) groups is 1. The van der Waals surface area contributed by atoms with Crippen molar-refractivity contribution in [3.8, 4) is 12.3 Å². The zero-order valence-electron chi connectivity index (χ0n) is 8.39. The molecule has 1 amide bonds. The first kappa shape index (κ1) is 10.1. The molecule has 0 aliphatic heterocycles. The highest BCUT2D eigenvalue weighted by molar-refractivity contribution is 5.80. The maximum Gasteiger partial charge on any atom is 0.224 e. The minimum Gasteiger partial charge on any atom is -0.340 e. The first-order valence-electron chi connectivity index (χ1n) is 4.85. The molecular weight excluding hydrogens is 162 g/mol. The van der Waals surface area contributed by atoms with E-state index < -0.39 is 5.54 Å². The number of nitrogens with one attached hydrogen (secondary N) is 1. The van der Waals surface area contributed by atoms with Crippen LogP contribution in [0.3, 0.4) is 0 Å². The van der Waals surface area contributed by atoms with Crippen LogP contribution >= 0.6 is 0 Å². The van der Waals surface area contributed by atoms with Crippen molar-refractivity contribution in [3.05, 3.63) is 0 Å². The molecule has 1 aliphatic carbocycles. The second-order valence-electron chi connectivity index (χ2n) is 4.24. The van der Waals surface area contributed by atoms with Gasteiger partial charge in [0.25, 0.3) is 0 Å². The summed E-state index contributed by atoms with van der Waals surface area (Å²) in [4.78, 5) is 11.6.